The van der Waals surface area contributed by atoms with Crippen LogP contribution in [0.4, 0.5) is 0 Å². The average molecular weight is 296 g/mol. The molecule has 1 fully saturated rings. The summed E-state index contributed by atoms with van der Waals surface area (Å²) < 4.78 is 11.5. The monoisotopic (exact) mass is 295 g/mol. The van der Waals surface area contributed by atoms with Crippen molar-refractivity contribution >= 4 is 11.6 Å². The molecule has 0 amide bonds. The second-order valence-electron chi connectivity index (χ2n) is 6.44. The van der Waals surface area contributed by atoms with Crippen molar-refractivity contribution in [2.75, 3.05) is 20.3 Å². The van der Waals surface area contributed by atoms with Gasteiger partial charge < -0.3 is 14.8 Å². The third-order valence-electron chi connectivity index (χ3n) is 4.50. The number of benzene rings is 1. The van der Waals surface area contributed by atoms with Crippen LogP contribution in [0.1, 0.15) is 38.3 Å². The molecule has 2 unspecified atom stereocenters. The highest BCUT2D eigenvalue weighted by atomic mass is 35.5. The van der Waals surface area contributed by atoms with Crippen LogP contribution in [-0.4, -0.2) is 20.3 Å². The van der Waals surface area contributed by atoms with Crippen molar-refractivity contribution in [3.8, 4) is 11.5 Å². The first kappa shape index (κ1) is 14.0. The predicted octanol–water partition coefficient (Wildman–Crippen LogP) is 3.81. The average Bonchev–Trinajstić information content (AvgIpc) is 3.08. The molecule has 0 aromatic heterocycles. The summed E-state index contributed by atoms with van der Waals surface area (Å²) in [5.41, 5.74) is 1.51. The number of hydrogen-bond donors (Lipinski definition) is 1. The van der Waals surface area contributed by atoms with Crippen molar-refractivity contribution in [3.05, 3.63) is 22.7 Å². The summed E-state index contributed by atoms with van der Waals surface area (Å²) in [6.45, 7) is 6.00. The van der Waals surface area contributed by atoms with E-state index in [-0.39, 0.29) is 6.04 Å². The molecule has 0 radical (unpaired) electrons. The molecule has 1 aliphatic heterocycles. The molecule has 3 rings (SSSR count). The van der Waals surface area contributed by atoms with E-state index in [2.05, 4.69) is 25.2 Å². The van der Waals surface area contributed by atoms with Gasteiger partial charge in [-0.25, -0.2) is 0 Å². The second-order valence-corrected chi connectivity index (χ2v) is 6.84. The van der Waals surface area contributed by atoms with E-state index in [1.54, 1.807) is 0 Å². The molecule has 1 N–H and O–H groups in total. The summed E-state index contributed by atoms with van der Waals surface area (Å²) in [6.07, 6.45) is 2.13. The third kappa shape index (κ3) is 2.49. The van der Waals surface area contributed by atoms with Crippen molar-refractivity contribution in [2.45, 2.75) is 32.7 Å². The molecule has 3 nitrogen and oxygen atoms in total. The van der Waals surface area contributed by atoms with Gasteiger partial charge in [0.2, 0.25) is 0 Å². The number of nitrogens with one attached hydrogen (secondary N) is 1. The fraction of sp³-hybridized carbons (Fsp3) is 0.625. The van der Waals surface area contributed by atoms with Crippen LogP contribution in [0.3, 0.4) is 0 Å². The smallest absolute Gasteiger partial charge is 0.162 e. The highest BCUT2D eigenvalue weighted by Gasteiger charge is 2.50. The van der Waals surface area contributed by atoms with E-state index in [0.717, 1.165) is 28.5 Å². The van der Waals surface area contributed by atoms with Gasteiger partial charge in [-0.2, -0.15) is 0 Å². The van der Waals surface area contributed by atoms with Crippen LogP contribution in [0.15, 0.2) is 12.1 Å². The number of ether oxygens (including phenoxy) is 2. The molecule has 2 aliphatic rings. The minimum absolute atomic E-state index is 0.273. The van der Waals surface area contributed by atoms with Gasteiger partial charge in [0.05, 0.1) is 13.2 Å². The van der Waals surface area contributed by atoms with Crippen molar-refractivity contribution in [2.24, 2.45) is 11.3 Å². The van der Waals surface area contributed by atoms with Crippen molar-refractivity contribution < 1.29 is 9.47 Å². The number of fused-ring (bicyclic) bond motifs is 1. The minimum atomic E-state index is 0.273. The van der Waals surface area contributed by atoms with Gasteiger partial charge in [0.25, 0.3) is 0 Å². The lowest BCUT2D eigenvalue weighted by Gasteiger charge is -2.21. The first-order chi connectivity index (χ1) is 9.53. The summed E-state index contributed by atoms with van der Waals surface area (Å²) in [5, 5.41) is 4.18. The van der Waals surface area contributed by atoms with Crippen molar-refractivity contribution in [1.82, 2.24) is 5.32 Å². The maximum Gasteiger partial charge on any atom is 0.162 e. The van der Waals surface area contributed by atoms with Crippen LogP contribution in [0.5, 0.6) is 11.5 Å². The quantitative estimate of drug-likeness (QED) is 0.920. The molecule has 20 heavy (non-hydrogen) atoms. The molecule has 1 aromatic carbocycles. The van der Waals surface area contributed by atoms with Crippen LogP contribution in [0.2, 0.25) is 5.02 Å². The highest BCUT2D eigenvalue weighted by molar-refractivity contribution is 6.31. The zero-order chi connectivity index (χ0) is 14.3. The zero-order valence-corrected chi connectivity index (χ0v) is 13.1. The maximum atomic E-state index is 6.48. The molecule has 1 heterocycles. The van der Waals surface area contributed by atoms with E-state index in [1.807, 2.05) is 13.1 Å². The summed E-state index contributed by atoms with van der Waals surface area (Å²) >= 11 is 6.48. The van der Waals surface area contributed by atoms with Crippen LogP contribution in [0, 0.1) is 11.3 Å². The van der Waals surface area contributed by atoms with Gasteiger partial charge >= 0.3 is 0 Å². The van der Waals surface area contributed by atoms with Gasteiger partial charge in [-0.1, -0.05) is 25.4 Å². The number of halogens is 1. The molecular formula is C16H22ClNO2. The van der Waals surface area contributed by atoms with E-state index >= 15 is 0 Å². The molecule has 0 saturated heterocycles. The molecule has 1 aliphatic carbocycles. The normalized spacial score (nSPS) is 24.9. The van der Waals surface area contributed by atoms with Crippen molar-refractivity contribution in [3.63, 3.8) is 0 Å². The van der Waals surface area contributed by atoms with Gasteiger partial charge in [0.1, 0.15) is 0 Å². The lowest BCUT2D eigenvalue weighted by Crippen LogP contribution is -2.21. The Labute approximate surface area is 125 Å². The predicted molar refractivity (Wildman–Crippen MR) is 80.7 cm³/mol. The summed E-state index contributed by atoms with van der Waals surface area (Å²) in [7, 11) is 2.00. The number of hydrogen-bond acceptors (Lipinski definition) is 3. The highest BCUT2D eigenvalue weighted by Crippen LogP contribution is 2.58. The van der Waals surface area contributed by atoms with Gasteiger partial charge in [-0.05, 0) is 36.4 Å². The minimum Gasteiger partial charge on any atom is -0.490 e. The van der Waals surface area contributed by atoms with Gasteiger partial charge in [0, 0.05) is 23.6 Å². The molecule has 0 spiro atoms. The van der Waals surface area contributed by atoms with Crippen LogP contribution >= 0.6 is 11.6 Å². The SMILES string of the molecule is CNC(c1cc2c(cc1Cl)OCCCO2)C1CC1(C)C. The zero-order valence-electron chi connectivity index (χ0n) is 12.3. The number of rotatable bonds is 3. The van der Waals surface area contributed by atoms with Crippen LogP contribution < -0.4 is 14.8 Å². The summed E-state index contributed by atoms with van der Waals surface area (Å²) in [5.74, 6) is 2.21. The fourth-order valence-electron chi connectivity index (χ4n) is 3.09. The van der Waals surface area contributed by atoms with E-state index < -0.39 is 0 Å². The molecule has 110 valence electrons. The lowest BCUT2D eigenvalue weighted by molar-refractivity contribution is 0.297. The van der Waals surface area contributed by atoms with E-state index in [4.69, 9.17) is 21.1 Å². The molecule has 0 bridgehead atoms. The Morgan fingerprint density at radius 3 is 2.40 bits per heavy atom. The van der Waals surface area contributed by atoms with Crippen molar-refractivity contribution in [1.29, 1.82) is 0 Å². The molecule has 2 atom stereocenters. The summed E-state index contributed by atoms with van der Waals surface area (Å²) in [6, 6.07) is 4.23. The molecule has 4 heteroatoms. The second kappa shape index (κ2) is 5.12. The van der Waals surface area contributed by atoms with Gasteiger partial charge in [-0.3, -0.25) is 0 Å². The Bertz CT molecular complexity index is 515. The Balaban J connectivity index is 1.94. The van der Waals surface area contributed by atoms with Gasteiger partial charge in [-0.15, -0.1) is 0 Å². The molecular weight excluding hydrogens is 274 g/mol. The van der Waals surface area contributed by atoms with E-state index in [1.165, 1.54) is 6.42 Å². The topological polar surface area (TPSA) is 30.5 Å². The van der Waals surface area contributed by atoms with Gasteiger partial charge in [0.15, 0.2) is 11.5 Å². The Morgan fingerprint density at radius 2 is 1.85 bits per heavy atom. The first-order valence-electron chi connectivity index (χ1n) is 7.29. The van der Waals surface area contributed by atoms with E-state index in [0.29, 0.717) is 24.5 Å². The Morgan fingerprint density at radius 1 is 1.25 bits per heavy atom. The largest absolute Gasteiger partial charge is 0.490 e. The standard InChI is InChI=1S/C16H22ClNO2/c1-16(2)9-11(16)15(18-3)10-7-13-14(8-12(10)17)20-6-4-5-19-13/h7-8,11,15,18H,4-6,9H2,1-3H3. The summed E-state index contributed by atoms with van der Waals surface area (Å²) in [4.78, 5) is 0. The Hall–Kier alpha value is -0.930. The van der Waals surface area contributed by atoms with E-state index in [9.17, 15) is 0 Å². The Kier molecular flexibility index (Phi) is 3.59. The lowest BCUT2D eigenvalue weighted by atomic mass is 9.96. The fourth-order valence-corrected chi connectivity index (χ4v) is 3.36. The third-order valence-corrected chi connectivity index (χ3v) is 4.83. The molecule has 1 aromatic rings. The molecule has 1 saturated carbocycles. The van der Waals surface area contributed by atoms with Crippen LogP contribution in [-0.2, 0) is 0 Å². The first-order valence-corrected chi connectivity index (χ1v) is 7.67. The maximum absolute atomic E-state index is 6.48. The van der Waals surface area contributed by atoms with Crippen LogP contribution in [0.25, 0.3) is 0 Å².